The van der Waals surface area contributed by atoms with Crippen molar-refractivity contribution in [1.82, 2.24) is 10.1 Å². The van der Waals surface area contributed by atoms with Gasteiger partial charge in [0.1, 0.15) is 0 Å². The molecule has 1 heterocycles. The van der Waals surface area contributed by atoms with E-state index in [9.17, 15) is 4.39 Å². The predicted octanol–water partition coefficient (Wildman–Crippen LogP) is 1.49. The number of methoxy groups -OCH3 is 2. The van der Waals surface area contributed by atoms with E-state index in [0.29, 0.717) is 11.1 Å². The zero-order valence-corrected chi connectivity index (χ0v) is 10.6. The van der Waals surface area contributed by atoms with Crippen molar-refractivity contribution in [1.29, 1.82) is 0 Å². The van der Waals surface area contributed by atoms with Crippen LogP contribution in [0.3, 0.4) is 0 Å². The number of hydrogen-bond donors (Lipinski definition) is 1. The molecule has 2 aromatic rings. The quantitative estimate of drug-likeness (QED) is 0.883. The zero-order chi connectivity index (χ0) is 13.8. The van der Waals surface area contributed by atoms with Gasteiger partial charge in [-0.05, 0) is 6.07 Å². The van der Waals surface area contributed by atoms with Crippen molar-refractivity contribution in [2.75, 3.05) is 14.2 Å². The van der Waals surface area contributed by atoms with Gasteiger partial charge in [0.05, 0.1) is 25.8 Å². The fourth-order valence-corrected chi connectivity index (χ4v) is 1.69. The Balaban J connectivity index is 2.48. The van der Waals surface area contributed by atoms with E-state index in [2.05, 4.69) is 10.1 Å². The highest BCUT2D eigenvalue weighted by molar-refractivity contribution is 5.65. The van der Waals surface area contributed by atoms with E-state index in [1.165, 1.54) is 14.2 Å². The van der Waals surface area contributed by atoms with E-state index in [-0.39, 0.29) is 30.6 Å². The summed E-state index contributed by atoms with van der Waals surface area (Å²) in [5.41, 5.74) is 6.19. The summed E-state index contributed by atoms with van der Waals surface area (Å²) in [6.45, 7) is 0.280. The summed E-state index contributed by atoms with van der Waals surface area (Å²) in [6, 6.07) is 3.25. The van der Waals surface area contributed by atoms with Crippen LogP contribution in [0.4, 0.5) is 4.39 Å². The first kappa shape index (κ1) is 13.4. The lowest BCUT2D eigenvalue weighted by atomic mass is 10.1. The SMILES string of the molecule is COCc1ccc(-c2noc(CN)n2)c(OC)c1F. The van der Waals surface area contributed by atoms with Crippen LogP contribution in [0.15, 0.2) is 16.7 Å². The third-order valence-corrected chi connectivity index (χ3v) is 2.56. The normalized spacial score (nSPS) is 10.7. The molecule has 7 heteroatoms. The standard InChI is InChI=1S/C12H14FN3O3/c1-17-6-7-3-4-8(11(18-2)10(7)13)12-15-9(5-14)19-16-12/h3-4H,5-6,14H2,1-2H3. The number of halogens is 1. The molecule has 0 amide bonds. The lowest BCUT2D eigenvalue weighted by Gasteiger charge is -2.10. The molecule has 0 atom stereocenters. The van der Waals surface area contributed by atoms with Gasteiger partial charge < -0.3 is 19.7 Å². The van der Waals surface area contributed by atoms with Gasteiger partial charge in [0.25, 0.3) is 0 Å². The number of ether oxygens (including phenoxy) is 2. The Morgan fingerprint density at radius 1 is 1.37 bits per heavy atom. The molecular weight excluding hydrogens is 253 g/mol. The molecule has 0 spiro atoms. The number of nitrogens with zero attached hydrogens (tertiary/aromatic N) is 2. The molecule has 19 heavy (non-hydrogen) atoms. The Morgan fingerprint density at radius 2 is 2.16 bits per heavy atom. The number of rotatable bonds is 5. The maximum atomic E-state index is 14.2. The molecule has 0 saturated carbocycles. The summed E-state index contributed by atoms with van der Waals surface area (Å²) in [4.78, 5) is 4.04. The molecule has 2 rings (SSSR count). The highest BCUT2D eigenvalue weighted by atomic mass is 19.1. The number of hydrogen-bond acceptors (Lipinski definition) is 6. The molecule has 1 aromatic carbocycles. The van der Waals surface area contributed by atoms with Gasteiger partial charge in [0.15, 0.2) is 11.6 Å². The molecule has 0 radical (unpaired) electrons. The Labute approximate surface area is 109 Å². The lowest BCUT2D eigenvalue weighted by Crippen LogP contribution is -2.00. The van der Waals surface area contributed by atoms with Crippen molar-refractivity contribution in [3.8, 4) is 17.1 Å². The van der Waals surface area contributed by atoms with Crippen LogP contribution in [0.25, 0.3) is 11.4 Å². The van der Waals surface area contributed by atoms with Crippen LogP contribution < -0.4 is 10.5 Å². The van der Waals surface area contributed by atoms with Crippen LogP contribution in [0.2, 0.25) is 0 Å². The largest absolute Gasteiger partial charge is 0.493 e. The van der Waals surface area contributed by atoms with Crippen molar-refractivity contribution in [2.45, 2.75) is 13.2 Å². The van der Waals surface area contributed by atoms with E-state index in [0.717, 1.165) is 0 Å². The van der Waals surface area contributed by atoms with Crippen LogP contribution in [0.1, 0.15) is 11.5 Å². The van der Waals surface area contributed by atoms with E-state index in [1.54, 1.807) is 12.1 Å². The minimum atomic E-state index is -0.499. The van der Waals surface area contributed by atoms with Gasteiger partial charge >= 0.3 is 0 Å². The predicted molar refractivity (Wildman–Crippen MR) is 64.8 cm³/mol. The summed E-state index contributed by atoms with van der Waals surface area (Å²) in [5.74, 6) is 0.0680. The Bertz CT molecular complexity index is 571. The van der Waals surface area contributed by atoms with Crippen LogP contribution in [-0.2, 0) is 17.9 Å². The van der Waals surface area contributed by atoms with Crippen molar-refractivity contribution in [3.63, 3.8) is 0 Å². The molecule has 0 aliphatic carbocycles. The second-order valence-electron chi connectivity index (χ2n) is 3.77. The smallest absolute Gasteiger partial charge is 0.240 e. The third-order valence-electron chi connectivity index (χ3n) is 2.56. The molecule has 0 aliphatic rings. The van der Waals surface area contributed by atoms with Gasteiger partial charge in [-0.1, -0.05) is 11.2 Å². The maximum Gasteiger partial charge on any atom is 0.240 e. The van der Waals surface area contributed by atoms with Crippen molar-refractivity contribution in [3.05, 3.63) is 29.4 Å². The molecule has 1 aromatic heterocycles. The van der Waals surface area contributed by atoms with Crippen molar-refractivity contribution >= 4 is 0 Å². The molecule has 0 saturated heterocycles. The number of benzene rings is 1. The van der Waals surface area contributed by atoms with Crippen LogP contribution >= 0.6 is 0 Å². The second kappa shape index (κ2) is 5.77. The van der Waals surface area contributed by atoms with E-state index in [1.807, 2.05) is 0 Å². The highest BCUT2D eigenvalue weighted by Crippen LogP contribution is 2.32. The lowest BCUT2D eigenvalue weighted by molar-refractivity contribution is 0.180. The van der Waals surface area contributed by atoms with Crippen LogP contribution in [0, 0.1) is 5.82 Å². The van der Waals surface area contributed by atoms with Crippen molar-refractivity contribution < 1.29 is 18.4 Å². The summed E-state index contributed by atoms with van der Waals surface area (Å²) in [7, 11) is 2.87. The van der Waals surface area contributed by atoms with E-state index >= 15 is 0 Å². The van der Waals surface area contributed by atoms with Crippen LogP contribution in [0.5, 0.6) is 5.75 Å². The summed E-state index contributed by atoms with van der Waals surface area (Å²) in [5, 5.41) is 3.74. The van der Waals surface area contributed by atoms with Gasteiger partial charge in [-0.2, -0.15) is 4.98 Å². The average molecular weight is 267 g/mol. The molecule has 0 unspecified atom stereocenters. The Kier molecular flexibility index (Phi) is 4.08. The van der Waals surface area contributed by atoms with Gasteiger partial charge in [0, 0.05) is 12.7 Å². The van der Waals surface area contributed by atoms with Gasteiger partial charge in [-0.3, -0.25) is 0 Å². The second-order valence-corrected chi connectivity index (χ2v) is 3.77. The van der Waals surface area contributed by atoms with Gasteiger partial charge in [0.2, 0.25) is 11.7 Å². The first-order chi connectivity index (χ1) is 9.21. The number of aromatic nitrogens is 2. The Morgan fingerprint density at radius 3 is 2.74 bits per heavy atom. The van der Waals surface area contributed by atoms with Gasteiger partial charge in [-0.25, -0.2) is 4.39 Å². The van der Waals surface area contributed by atoms with Crippen LogP contribution in [-0.4, -0.2) is 24.4 Å². The van der Waals surface area contributed by atoms with Gasteiger partial charge in [-0.15, -0.1) is 0 Å². The molecule has 0 fully saturated rings. The average Bonchev–Trinajstić information content (AvgIpc) is 2.89. The molecule has 6 nitrogen and oxygen atoms in total. The topological polar surface area (TPSA) is 83.4 Å². The highest BCUT2D eigenvalue weighted by Gasteiger charge is 2.19. The summed E-state index contributed by atoms with van der Waals surface area (Å²) in [6.07, 6.45) is 0. The minimum Gasteiger partial charge on any atom is -0.493 e. The summed E-state index contributed by atoms with van der Waals surface area (Å²) < 4.78 is 29.1. The van der Waals surface area contributed by atoms with Crippen molar-refractivity contribution in [2.24, 2.45) is 5.73 Å². The van der Waals surface area contributed by atoms with E-state index in [4.69, 9.17) is 19.7 Å². The third kappa shape index (κ3) is 2.56. The maximum absolute atomic E-state index is 14.2. The summed E-state index contributed by atoms with van der Waals surface area (Å²) >= 11 is 0. The molecule has 102 valence electrons. The molecular formula is C12H14FN3O3. The first-order valence-electron chi connectivity index (χ1n) is 5.58. The first-order valence-corrected chi connectivity index (χ1v) is 5.58. The fourth-order valence-electron chi connectivity index (χ4n) is 1.69. The number of nitrogens with two attached hydrogens (primary N) is 1. The zero-order valence-electron chi connectivity index (χ0n) is 10.6. The Hall–Kier alpha value is -1.99. The molecule has 0 aliphatic heterocycles. The van der Waals surface area contributed by atoms with E-state index < -0.39 is 5.82 Å². The fraction of sp³-hybridized carbons (Fsp3) is 0.333. The molecule has 0 bridgehead atoms. The minimum absolute atomic E-state index is 0.0546. The molecule has 2 N–H and O–H groups in total. The monoisotopic (exact) mass is 267 g/mol.